The van der Waals surface area contributed by atoms with Gasteiger partial charge in [0.15, 0.2) is 5.65 Å². The summed E-state index contributed by atoms with van der Waals surface area (Å²) in [6.45, 7) is 10.3. The Balaban J connectivity index is 1.73. The number of rotatable bonds is 5. The van der Waals surface area contributed by atoms with Gasteiger partial charge in [0.25, 0.3) is 5.56 Å². The zero-order valence-electron chi connectivity index (χ0n) is 24.7. The summed E-state index contributed by atoms with van der Waals surface area (Å²) < 4.78 is 32.6. The van der Waals surface area contributed by atoms with Crippen molar-refractivity contribution in [3.05, 3.63) is 87.1 Å². The molecule has 1 amide bonds. The van der Waals surface area contributed by atoms with Gasteiger partial charge in [0.2, 0.25) is 5.91 Å². The monoisotopic (exact) mass is 628 g/mol. The first kappa shape index (κ1) is 29.9. The molecule has 4 aromatic heterocycles. The number of hydrogen-bond acceptors (Lipinski definition) is 7. The summed E-state index contributed by atoms with van der Waals surface area (Å²) in [5.74, 6) is -2.02. The molecule has 1 saturated heterocycles. The Morgan fingerprint density at radius 1 is 1.16 bits per heavy atom. The third-order valence-electron chi connectivity index (χ3n) is 8.07. The number of hydrogen-bond donors (Lipinski definition) is 1. The first-order chi connectivity index (χ1) is 21.6. The molecule has 228 valence electrons. The number of halogens is 3. The van der Waals surface area contributed by atoms with Gasteiger partial charge in [-0.15, -0.1) is 0 Å². The molecule has 5 aromatic rings. The number of aromatic amines is 1. The molecule has 10 nitrogen and oxygen atoms in total. The molecule has 1 aliphatic heterocycles. The second-order valence-corrected chi connectivity index (χ2v) is 11.5. The number of nitriles is 1. The van der Waals surface area contributed by atoms with Crippen LogP contribution < -0.4 is 10.5 Å². The Morgan fingerprint density at radius 3 is 2.56 bits per heavy atom. The quantitative estimate of drug-likeness (QED) is 0.259. The lowest BCUT2D eigenvalue weighted by Crippen LogP contribution is -2.49. The number of amides is 1. The topological polar surface area (TPSA) is 124 Å². The van der Waals surface area contributed by atoms with Crippen molar-refractivity contribution in [1.29, 1.82) is 5.26 Å². The van der Waals surface area contributed by atoms with Crippen molar-refractivity contribution in [2.24, 2.45) is 0 Å². The summed E-state index contributed by atoms with van der Waals surface area (Å²) in [4.78, 5) is 39.3. The van der Waals surface area contributed by atoms with Crippen molar-refractivity contribution < 1.29 is 13.6 Å². The van der Waals surface area contributed by atoms with Gasteiger partial charge in [0.1, 0.15) is 29.0 Å². The Bertz CT molecular complexity index is 2140. The van der Waals surface area contributed by atoms with E-state index >= 15 is 4.39 Å². The van der Waals surface area contributed by atoms with Crippen LogP contribution in [0.5, 0.6) is 0 Å². The number of aromatic nitrogens is 5. The van der Waals surface area contributed by atoms with Gasteiger partial charge in [-0.1, -0.05) is 32.0 Å². The highest BCUT2D eigenvalue weighted by molar-refractivity contribution is 6.35. The molecule has 45 heavy (non-hydrogen) atoms. The molecule has 0 radical (unpaired) electrons. The van der Waals surface area contributed by atoms with Gasteiger partial charge in [0.05, 0.1) is 33.8 Å². The van der Waals surface area contributed by atoms with Crippen LogP contribution in [0, 0.1) is 29.9 Å². The average Bonchev–Trinajstić information content (AvgIpc) is 3.49. The minimum atomic E-state index is -0.847. The molecule has 1 aromatic carbocycles. The number of H-pyrrole nitrogens is 1. The van der Waals surface area contributed by atoms with E-state index < -0.39 is 17.2 Å². The number of fused-ring (bicyclic) bond motifs is 2. The number of nitrogens with one attached hydrogen (secondary N) is 1. The van der Waals surface area contributed by atoms with Crippen molar-refractivity contribution in [3.8, 4) is 23.0 Å². The Hall–Kier alpha value is -5.15. The number of aryl methyl sites for hydroxylation is 1. The largest absolute Gasteiger partial charge is 0.366 e. The van der Waals surface area contributed by atoms with E-state index in [0.29, 0.717) is 35.4 Å². The lowest BCUT2D eigenvalue weighted by Gasteiger charge is -2.36. The number of carbonyl (C=O) groups is 1. The fourth-order valence-electron chi connectivity index (χ4n) is 5.91. The van der Waals surface area contributed by atoms with Crippen LogP contribution in [0.4, 0.5) is 14.5 Å². The SMILES string of the molecule is C=CC(=O)N1CCN(c2c(C#N)c(=O)n(-c3c(C)ccnc3C(C)C)c3nc(-c4c(Cl)c(F)cc5[nH]ncc45)c(F)cc23)CC1. The van der Waals surface area contributed by atoms with E-state index in [1.807, 2.05) is 13.8 Å². The molecular weight excluding hydrogens is 602 g/mol. The zero-order valence-corrected chi connectivity index (χ0v) is 25.4. The van der Waals surface area contributed by atoms with Crippen LogP contribution >= 0.6 is 11.6 Å². The molecule has 0 spiro atoms. The van der Waals surface area contributed by atoms with Crippen LogP contribution in [0.1, 0.15) is 36.6 Å². The standard InChI is InChI=1S/C32H27ClF2N8O2/c1-5-24(44)41-8-10-42(11-9-41)30-18-12-22(35)28(25-20-15-38-40-23(20)13-21(34)26(25)33)39-31(18)43(32(45)19(30)14-36)29-17(4)6-7-37-27(29)16(2)3/h5-7,12-13,15-16H,1,8-11H2,2-4H3,(H,38,40). The number of pyridine rings is 3. The predicted octanol–water partition coefficient (Wildman–Crippen LogP) is 5.39. The van der Waals surface area contributed by atoms with Crippen LogP contribution in [0.15, 0.2) is 48.0 Å². The highest BCUT2D eigenvalue weighted by atomic mass is 35.5. The zero-order chi connectivity index (χ0) is 32.2. The fraction of sp³-hybridized carbons (Fsp3) is 0.250. The maximum Gasteiger partial charge on any atom is 0.276 e. The van der Waals surface area contributed by atoms with E-state index in [1.54, 1.807) is 29.0 Å². The summed E-state index contributed by atoms with van der Waals surface area (Å²) in [6.07, 6.45) is 4.25. The first-order valence-corrected chi connectivity index (χ1v) is 14.6. The van der Waals surface area contributed by atoms with E-state index in [-0.39, 0.29) is 69.0 Å². The van der Waals surface area contributed by atoms with Crippen LogP contribution in [0.2, 0.25) is 5.02 Å². The molecular formula is C32H27ClF2N8O2. The maximum atomic E-state index is 16.3. The molecule has 6 rings (SSSR count). The third-order valence-corrected chi connectivity index (χ3v) is 8.44. The van der Waals surface area contributed by atoms with Crippen molar-refractivity contribution >= 4 is 45.1 Å². The summed E-state index contributed by atoms with van der Waals surface area (Å²) in [5.41, 5.74) is 0.960. The summed E-state index contributed by atoms with van der Waals surface area (Å²) in [6, 6.07) is 6.14. The minimum absolute atomic E-state index is 0.0324. The van der Waals surface area contributed by atoms with Crippen molar-refractivity contribution in [1.82, 2.24) is 29.6 Å². The van der Waals surface area contributed by atoms with E-state index in [2.05, 4.69) is 27.8 Å². The second kappa shape index (κ2) is 11.4. The molecule has 0 bridgehead atoms. The molecule has 0 saturated carbocycles. The highest BCUT2D eigenvalue weighted by Crippen LogP contribution is 2.40. The second-order valence-electron chi connectivity index (χ2n) is 11.1. The van der Waals surface area contributed by atoms with Crippen LogP contribution in [-0.4, -0.2) is 61.7 Å². The average molecular weight is 629 g/mol. The lowest BCUT2D eigenvalue weighted by atomic mass is 10.0. The van der Waals surface area contributed by atoms with E-state index in [9.17, 15) is 19.2 Å². The highest BCUT2D eigenvalue weighted by Gasteiger charge is 2.30. The van der Waals surface area contributed by atoms with E-state index in [1.165, 1.54) is 22.9 Å². The van der Waals surface area contributed by atoms with Crippen molar-refractivity contribution in [2.75, 3.05) is 31.1 Å². The summed E-state index contributed by atoms with van der Waals surface area (Å²) in [5, 5.41) is 17.2. The summed E-state index contributed by atoms with van der Waals surface area (Å²) in [7, 11) is 0. The number of anilines is 1. The Labute approximate surface area is 261 Å². The smallest absolute Gasteiger partial charge is 0.276 e. The van der Waals surface area contributed by atoms with Crippen LogP contribution in [0.3, 0.4) is 0 Å². The van der Waals surface area contributed by atoms with Gasteiger partial charge >= 0.3 is 0 Å². The van der Waals surface area contributed by atoms with E-state index in [0.717, 1.165) is 6.07 Å². The van der Waals surface area contributed by atoms with Crippen LogP contribution in [0.25, 0.3) is 38.9 Å². The Morgan fingerprint density at radius 2 is 1.89 bits per heavy atom. The predicted molar refractivity (Wildman–Crippen MR) is 168 cm³/mol. The first-order valence-electron chi connectivity index (χ1n) is 14.2. The normalized spacial score (nSPS) is 13.6. The number of nitrogens with zero attached hydrogens (tertiary/aromatic N) is 7. The number of piperazine rings is 1. The third kappa shape index (κ3) is 4.80. The van der Waals surface area contributed by atoms with Gasteiger partial charge in [0, 0.05) is 54.8 Å². The van der Waals surface area contributed by atoms with Gasteiger partial charge in [-0.25, -0.2) is 13.8 Å². The van der Waals surface area contributed by atoms with Gasteiger partial charge in [-0.3, -0.25) is 24.2 Å². The summed E-state index contributed by atoms with van der Waals surface area (Å²) >= 11 is 6.43. The van der Waals surface area contributed by atoms with Crippen molar-refractivity contribution in [2.45, 2.75) is 26.7 Å². The van der Waals surface area contributed by atoms with Gasteiger partial charge in [-0.2, -0.15) is 10.4 Å². The molecule has 5 heterocycles. The van der Waals surface area contributed by atoms with Gasteiger partial charge < -0.3 is 9.80 Å². The molecule has 1 fully saturated rings. The molecule has 0 atom stereocenters. The molecule has 1 N–H and O–H groups in total. The number of benzene rings is 1. The number of carbonyl (C=O) groups excluding carboxylic acids is 1. The Kier molecular flexibility index (Phi) is 7.58. The minimum Gasteiger partial charge on any atom is -0.366 e. The van der Waals surface area contributed by atoms with Crippen LogP contribution in [-0.2, 0) is 4.79 Å². The van der Waals surface area contributed by atoms with Crippen molar-refractivity contribution in [3.63, 3.8) is 0 Å². The maximum absolute atomic E-state index is 16.3. The molecule has 13 heteroatoms. The fourth-order valence-corrected chi connectivity index (χ4v) is 6.15. The molecule has 1 aliphatic rings. The molecule has 0 unspecified atom stereocenters. The van der Waals surface area contributed by atoms with Gasteiger partial charge in [-0.05, 0) is 36.6 Å². The molecule has 0 aliphatic carbocycles. The van der Waals surface area contributed by atoms with E-state index in [4.69, 9.17) is 16.6 Å². The lowest BCUT2D eigenvalue weighted by molar-refractivity contribution is -0.126.